The van der Waals surface area contributed by atoms with E-state index in [1.807, 2.05) is 60.7 Å². The minimum Gasteiger partial charge on any atom is -0.397 e. The third kappa shape index (κ3) is 18.5. The lowest BCUT2D eigenvalue weighted by Gasteiger charge is -2.23. The molecule has 0 atom stereocenters. The first-order valence-corrected chi connectivity index (χ1v) is 24.8. The van der Waals surface area contributed by atoms with Gasteiger partial charge in [-0.3, -0.25) is 20.2 Å². The van der Waals surface area contributed by atoms with Gasteiger partial charge in [-0.2, -0.15) is 0 Å². The molecule has 0 saturated heterocycles. The summed E-state index contributed by atoms with van der Waals surface area (Å²) in [7, 11) is 4.56. The van der Waals surface area contributed by atoms with E-state index in [-0.39, 0.29) is 22.7 Å². The highest BCUT2D eigenvalue weighted by atomic mass is 127. The molecule has 7 rings (SSSR count). The average molecular weight is 1470 g/mol. The molecule has 26 heteroatoms. The summed E-state index contributed by atoms with van der Waals surface area (Å²) in [6.45, 7) is 8.68. The predicted molar refractivity (Wildman–Crippen MR) is 307 cm³/mol. The number of imidazole rings is 2. The maximum atomic E-state index is 10.4. The Labute approximate surface area is 465 Å². The summed E-state index contributed by atoms with van der Waals surface area (Å²) in [4.78, 5) is 31.4. The largest absolute Gasteiger partial charge is 0.397 e. The summed E-state index contributed by atoms with van der Waals surface area (Å²) < 4.78 is 20.2. The van der Waals surface area contributed by atoms with Gasteiger partial charge in [0.1, 0.15) is 23.0 Å². The fraction of sp³-hybridized carbons (Fsp3) is 0.220. The van der Waals surface area contributed by atoms with Crippen LogP contribution in [0.25, 0.3) is 22.1 Å². The number of aromatic amines is 1. The van der Waals surface area contributed by atoms with Crippen LogP contribution in [0.2, 0.25) is 25.1 Å². The number of aryl methyl sites for hydroxylation is 3. The molecule has 0 bridgehead atoms. The number of nitrogens with zero attached hydrogens (tertiary/aromatic N) is 5. The van der Waals surface area contributed by atoms with Crippen molar-refractivity contribution in [3.63, 3.8) is 0 Å². The summed E-state index contributed by atoms with van der Waals surface area (Å²) in [5.74, 6) is 1.09. The van der Waals surface area contributed by atoms with Crippen molar-refractivity contribution in [2.24, 2.45) is 0 Å². The highest BCUT2D eigenvalue weighted by Gasteiger charge is 2.20. The molecule has 0 amide bonds. The molecule has 9 N–H and O–H groups in total. The summed E-state index contributed by atoms with van der Waals surface area (Å²) >= 11 is 37.4. The maximum Gasteiger partial charge on any atom is 0.293 e. The first-order valence-electron chi connectivity index (χ1n) is 18.6. The van der Waals surface area contributed by atoms with Crippen LogP contribution in [0.5, 0.6) is 0 Å². The van der Waals surface area contributed by atoms with Gasteiger partial charge in [-0.15, -0.1) is 0 Å². The van der Waals surface area contributed by atoms with Crippen molar-refractivity contribution in [1.29, 1.82) is 0 Å². The number of nitro benzene ring substituents is 2. The third-order valence-electron chi connectivity index (χ3n) is 8.63. The van der Waals surface area contributed by atoms with Crippen LogP contribution < -0.4 is 22.9 Å². The number of benzene rings is 5. The molecule has 0 spiro atoms. The number of H-pyrrole nitrogens is 1. The molecule has 2 aromatic heterocycles. The zero-order chi connectivity index (χ0) is 51.1. The first kappa shape index (κ1) is 60.4. The number of nitrogens with one attached hydrogen (secondary N) is 1. The Hall–Kier alpha value is -2.71. The lowest BCUT2D eigenvalue weighted by atomic mass is 10.3. The number of nitro groups is 2. The third-order valence-corrected chi connectivity index (χ3v) is 15.0. The highest BCUT2D eigenvalue weighted by molar-refractivity contribution is 14.1. The van der Waals surface area contributed by atoms with E-state index in [1.165, 1.54) is 51.7 Å². The lowest BCUT2D eigenvalue weighted by molar-refractivity contribution is -0.384. The van der Waals surface area contributed by atoms with Gasteiger partial charge in [0, 0.05) is 66.2 Å². The van der Waals surface area contributed by atoms with Crippen molar-refractivity contribution in [2.45, 2.75) is 40.2 Å². The number of anilines is 4. The monoisotopic (exact) mass is 1470 g/mol. The Balaban J connectivity index is 0.000000278. The van der Waals surface area contributed by atoms with Gasteiger partial charge >= 0.3 is 0 Å². The Morgan fingerprint density at radius 2 is 1.09 bits per heavy atom. The molecule has 0 aliphatic heterocycles. The number of ether oxygens (including phenoxy) is 3. The zero-order valence-corrected chi connectivity index (χ0v) is 48.8. The molecule has 7 aromatic rings. The van der Waals surface area contributed by atoms with E-state index in [2.05, 4.69) is 94.2 Å². The molecule has 0 fully saturated rings. The maximum absolute atomic E-state index is 10.4. The van der Waals surface area contributed by atoms with Gasteiger partial charge in [0.05, 0.1) is 63.4 Å². The number of aromatic nitrogens is 4. The number of hydrogen-bond donors (Lipinski definition) is 5. The Morgan fingerprint density at radius 1 is 0.642 bits per heavy atom. The van der Waals surface area contributed by atoms with Crippen LogP contribution in [0.1, 0.15) is 25.5 Å². The molecule has 0 radical (unpaired) electrons. The zero-order valence-electron chi connectivity index (χ0n) is 36.4. The molecule has 0 unspecified atom stereocenters. The minimum absolute atomic E-state index is 0.0856. The highest BCUT2D eigenvalue weighted by Crippen LogP contribution is 2.30. The van der Waals surface area contributed by atoms with Gasteiger partial charge in [0.2, 0.25) is 0 Å². The van der Waals surface area contributed by atoms with Crippen molar-refractivity contribution in [3.05, 3.63) is 138 Å². The van der Waals surface area contributed by atoms with E-state index in [0.29, 0.717) is 30.0 Å². The quantitative estimate of drug-likeness (QED) is 0.0341. The molecule has 17 nitrogen and oxygen atoms in total. The molecule has 67 heavy (non-hydrogen) atoms. The van der Waals surface area contributed by atoms with E-state index in [1.54, 1.807) is 19.1 Å². The SMILES string of the molecule is CCn1c(C)nc2cc(I)c(Cl)cc21.COC(C)(OC)OC.Cc1nc2cc(I)c(Cl)cc2[nH]1.Nc1cc(Cl)c(I)cc1N.Nc1cc(Cl)c(I)cc1[N+](=O)[O-].Nc1cc(Cl)ccc1[N+](=O)[O-]. The number of methoxy groups -OCH3 is 3. The van der Waals surface area contributed by atoms with Gasteiger partial charge in [-0.1, -0.05) is 58.0 Å². The molecule has 2 heterocycles. The van der Waals surface area contributed by atoms with Gasteiger partial charge < -0.3 is 46.7 Å². The van der Waals surface area contributed by atoms with E-state index in [9.17, 15) is 20.2 Å². The number of nitrogens with two attached hydrogens (primary N) is 4. The van der Waals surface area contributed by atoms with Crippen LogP contribution in [0.15, 0.2) is 66.7 Å². The molecule has 362 valence electrons. The molecule has 5 aromatic carbocycles. The van der Waals surface area contributed by atoms with E-state index >= 15 is 0 Å². The lowest BCUT2D eigenvalue weighted by Crippen LogP contribution is -2.31. The second kappa shape index (κ2) is 28.2. The summed E-state index contributed by atoms with van der Waals surface area (Å²) in [6, 6.07) is 18.1. The topological polar surface area (TPSA) is 265 Å². The van der Waals surface area contributed by atoms with Crippen LogP contribution in [-0.4, -0.2) is 56.7 Å². The van der Waals surface area contributed by atoms with Crippen molar-refractivity contribution >= 4 is 205 Å². The first-order chi connectivity index (χ1) is 31.2. The summed E-state index contributed by atoms with van der Waals surface area (Å²) in [5.41, 5.74) is 26.8. The Morgan fingerprint density at radius 3 is 1.57 bits per heavy atom. The van der Waals surface area contributed by atoms with Crippen molar-refractivity contribution in [1.82, 2.24) is 19.5 Å². The Bertz CT molecular complexity index is 2740. The van der Waals surface area contributed by atoms with Crippen molar-refractivity contribution < 1.29 is 24.1 Å². The van der Waals surface area contributed by atoms with Gasteiger partial charge in [0.25, 0.3) is 17.3 Å². The van der Waals surface area contributed by atoms with Crippen molar-refractivity contribution in [3.8, 4) is 0 Å². The van der Waals surface area contributed by atoms with E-state index in [0.717, 1.165) is 61.0 Å². The number of halogens is 9. The number of rotatable bonds is 6. The smallest absolute Gasteiger partial charge is 0.293 e. The van der Waals surface area contributed by atoms with Gasteiger partial charge in [0.15, 0.2) is 0 Å². The van der Waals surface area contributed by atoms with Crippen LogP contribution in [0.4, 0.5) is 34.1 Å². The normalized spacial score (nSPS) is 10.5. The molecular weight excluding hydrogens is 1430 g/mol. The van der Waals surface area contributed by atoms with E-state index < -0.39 is 15.8 Å². The average Bonchev–Trinajstić information content (AvgIpc) is 3.77. The fourth-order valence-electron chi connectivity index (χ4n) is 5.00. The van der Waals surface area contributed by atoms with Crippen molar-refractivity contribution in [2.75, 3.05) is 44.3 Å². The molecule has 0 aliphatic carbocycles. The number of nitrogen functional groups attached to an aromatic ring is 4. The minimum atomic E-state index is -0.875. The predicted octanol–water partition coefficient (Wildman–Crippen LogP) is 13.7. The second-order valence-corrected chi connectivity index (χ2v) is 19.9. The molecule has 0 aliphatic rings. The van der Waals surface area contributed by atoms with Gasteiger partial charge in [-0.25, -0.2) is 9.97 Å². The number of fused-ring (bicyclic) bond motifs is 2. The summed E-state index contributed by atoms with van der Waals surface area (Å²) in [5, 5.41) is 23.6. The summed E-state index contributed by atoms with van der Waals surface area (Å²) in [6.07, 6.45) is 0. The van der Waals surface area contributed by atoms with E-state index in [4.69, 9.17) is 95.1 Å². The van der Waals surface area contributed by atoms with Gasteiger partial charge in [-0.05, 0) is 166 Å². The van der Waals surface area contributed by atoms with Crippen LogP contribution >= 0.6 is 148 Å². The Kier molecular flexibility index (Phi) is 25.4. The number of hydrogen-bond acceptors (Lipinski definition) is 13. The molecular formula is C41H43Cl5I4N10O7. The van der Waals surface area contributed by atoms with Crippen LogP contribution in [0, 0.1) is 48.4 Å². The fourth-order valence-corrected chi connectivity index (χ4v) is 7.69. The van der Waals surface area contributed by atoms with Crippen LogP contribution in [-0.2, 0) is 20.8 Å². The molecule has 0 saturated carbocycles. The second-order valence-electron chi connectivity index (χ2n) is 13.2. The van der Waals surface area contributed by atoms with Crippen LogP contribution in [0.3, 0.4) is 0 Å². The standard InChI is InChI=1S/C10H10ClIN2.C8H6ClIN2.C6H4ClIN2O2.C6H6ClIN2.C6H5ClN2O2.C5H12O3/c1-3-14-6(2)13-9-5-8(12)7(11)4-10(9)14;1-4-11-7-2-5(9)6(10)3-8(7)12-4;7-3-1-5(9)6(10(11)12)2-4(3)8;7-3-1-5(9)6(10)2-4(3)8;7-4-1-2-6(9(10)11)5(8)3-4;1-5(6-2,7-3)8-4/h4-5H,3H2,1-2H3;2-3H,1H3,(H,11,12);1-2H,9H2;1-2H,9-10H2;1-3H,8H2;1-4H3.